The van der Waals surface area contributed by atoms with Gasteiger partial charge in [0.15, 0.2) is 11.6 Å². The first-order chi connectivity index (χ1) is 13.8. The molecule has 0 fully saturated rings. The van der Waals surface area contributed by atoms with Gasteiger partial charge in [0.25, 0.3) is 5.91 Å². The molecule has 0 radical (unpaired) electrons. The summed E-state index contributed by atoms with van der Waals surface area (Å²) in [6.45, 7) is 1.77. The van der Waals surface area contributed by atoms with E-state index in [-0.39, 0.29) is 18.1 Å². The van der Waals surface area contributed by atoms with Crippen LogP contribution in [0.2, 0.25) is 5.02 Å². The molecule has 0 saturated carbocycles. The van der Waals surface area contributed by atoms with Crippen LogP contribution < -0.4 is 10.6 Å². The molecular weight excluding hydrogens is 406 g/mol. The van der Waals surface area contributed by atoms with E-state index in [9.17, 15) is 18.7 Å². The number of hydrogen-bond acceptors (Lipinski definition) is 5. The van der Waals surface area contributed by atoms with Crippen LogP contribution in [0, 0.1) is 11.6 Å². The van der Waals surface area contributed by atoms with Crippen molar-refractivity contribution >= 4 is 39.9 Å². The number of aromatic nitrogens is 2. The van der Waals surface area contributed by atoms with Crippen LogP contribution >= 0.6 is 11.6 Å². The summed E-state index contributed by atoms with van der Waals surface area (Å²) < 4.78 is 32.5. The molecule has 3 heterocycles. The highest BCUT2D eigenvalue weighted by Gasteiger charge is 2.39. The van der Waals surface area contributed by atoms with Crippen LogP contribution in [-0.2, 0) is 9.53 Å². The van der Waals surface area contributed by atoms with Gasteiger partial charge >= 0.3 is 0 Å². The van der Waals surface area contributed by atoms with E-state index in [0.29, 0.717) is 28.0 Å². The molecular formula is C19H17ClF2N4O3. The third-order valence-corrected chi connectivity index (χ3v) is 5.35. The highest BCUT2D eigenvalue weighted by molar-refractivity contribution is 6.31. The second-order valence-electron chi connectivity index (χ2n) is 7.03. The Morgan fingerprint density at radius 2 is 2.10 bits per heavy atom. The minimum atomic E-state index is -1.37. The molecule has 29 heavy (non-hydrogen) atoms. The Morgan fingerprint density at radius 3 is 2.83 bits per heavy atom. The van der Waals surface area contributed by atoms with E-state index in [2.05, 4.69) is 20.6 Å². The number of aromatic amines is 1. The van der Waals surface area contributed by atoms with Crippen LogP contribution in [0.15, 0.2) is 24.5 Å². The summed E-state index contributed by atoms with van der Waals surface area (Å²) in [4.78, 5) is 19.7. The zero-order valence-electron chi connectivity index (χ0n) is 15.4. The van der Waals surface area contributed by atoms with E-state index < -0.39 is 28.3 Å². The molecule has 1 aliphatic heterocycles. The number of benzene rings is 1. The predicted molar refractivity (Wildman–Crippen MR) is 104 cm³/mol. The first-order valence-electron chi connectivity index (χ1n) is 8.67. The Morgan fingerprint density at radius 1 is 1.34 bits per heavy atom. The van der Waals surface area contributed by atoms with E-state index in [1.807, 2.05) is 0 Å². The number of fused-ring (bicyclic) bond motifs is 3. The first kappa shape index (κ1) is 19.6. The molecule has 3 aromatic rings. The first-order valence-corrected chi connectivity index (χ1v) is 9.04. The average molecular weight is 423 g/mol. The number of halogens is 3. The highest BCUT2D eigenvalue weighted by atomic mass is 35.5. The maximum Gasteiger partial charge on any atom is 0.252 e. The molecule has 4 rings (SSSR count). The largest absolute Gasteiger partial charge is 0.384 e. The number of carbonyl (C=O) groups is 1. The second kappa shape index (κ2) is 6.94. The van der Waals surface area contributed by atoms with Gasteiger partial charge in [-0.05, 0) is 13.0 Å². The van der Waals surface area contributed by atoms with Crippen molar-refractivity contribution in [2.45, 2.75) is 18.6 Å². The molecule has 1 amide bonds. The molecule has 0 aliphatic carbocycles. The molecule has 1 unspecified atom stereocenters. The number of aliphatic hydroxyl groups excluding tert-OH is 1. The van der Waals surface area contributed by atoms with Gasteiger partial charge in [-0.3, -0.25) is 4.79 Å². The molecule has 0 saturated heterocycles. The highest BCUT2D eigenvalue weighted by Crippen LogP contribution is 2.42. The fourth-order valence-electron chi connectivity index (χ4n) is 3.46. The van der Waals surface area contributed by atoms with Gasteiger partial charge in [-0.2, -0.15) is 0 Å². The molecule has 0 bridgehead atoms. The number of hydrogen-bond donors (Lipinski definition) is 4. The number of aliphatic hydroxyl groups is 1. The topological polar surface area (TPSA) is 99.3 Å². The van der Waals surface area contributed by atoms with E-state index >= 15 is 0 Å². The van der Waals surface area contributed by atoms with Crippen molar-refractivity contribution in [3.63, 3.8) is 0 Å². The fourth-order valence-corrected chi connectivity index (χ4v) is 3.72. The lowest BCUT2D eigenvalue weighted by Gasteiger charge is -2.35. The van der Waals surface area contributed by atoms with Gasteiger partial charge in [0.2, 0.25) is 0 Å². The molecule has 2 atom stereocenters. The number of anilines is 2. The van der Waals surface area contributed by atoms with Crippen molar-refractivity contribution in [1.29, 1.82) is 0 Å². The third-order valence-electron chi connectivity index (χ3n) is 4.97. The van der Waals surface area contributed by atoms with Gasteiger partial charge in [0.1, 0.15) is 17.3 Å². The molecule has 1 aromatic carbocycles. The molecule has 152 valence electrons. The fraction of sp³-hybridized carbons (Fsp3) is 0.263. The Bertz CT molecular complexity index is 1140. The molecule has 2 aromatic heterocycles. The SMILES string of the molecule is COC[C@]1(C)Nc2c(cnc3[nH]cc(C(O)c4ccc(F)c(F)c4Cl)c23)NC1=O. The number of amides is 1. The predicted octanol–water partition coefficient (Wildman–Crippen LogP) is 3.35. The van der Waals surface area contributed by atoms with Crippen molar-refractivity contribution in [2.24, 2.45) is 0 Å². The Kier molecular flexibility index (Phi) is 4.68. The van der Waals surface area contributed by atoms with Gasteiger partial charge in [0, 0.05) is 24.4 Å². The molecule has 4 N–H and O–H groups in total. The molecule has 0 spiro atoms. The average Bonchev–Trinajstić information content (AvgIpc) is 3.12. The van der Waals surface area contributed by atoms with Gasteiger partial charge in [0.05, 0.1) is 34.6 Å². The van der Waals surface area contributed by atoms with Crippen LogP contribution in [-0.4, -0.2) is 40.2 Å². The number of pyridine rings is 1. The van der Waals surface area contributed by atoms with Gasteiger partial charge in [-0.25, -0.2) is 13.8 Å². The number of nitrogens with zero attached hydrogens (tertiary/aromatic N) is 1. The summed E-state index contributed by atoms with van der Waals surface area (Å²) in [6, 6.07) is 2.12. The smallest absolute Gasteiger partial charge is 0.252 e. The van der Waals surface area contributed by atoms with Crippen molar-refractivity contribution in [2.75, 3.05) is 24.4 Å². The summed E-state index contributed by atoms with van der Waals surface area (Å²) in [5.41, 5.74) is 0.641. The van der Waals surface area contributed by atoms with Crippen LogP contribution in [0.1, 0.15) is 24.2 Å². The van der Waals surface area contributed by atoms with Crippen LogP contribution in [0.5, 0.6) is 0 Å². The number of H-pyrrole nitrogens is 1. The summed E-state index contributed by atoms with van der Waals surface area (Å²) in [5.74, 6) is -2.64. The van der Waals surface area contributed by atoms with E-state index in [0.717, 1.165) is 6.07 Å². The summed E-state index contributed by atoms with van der Waals surface area (Å²) >= 11 is 5.92. The number of nitrogens with one attached hydrogen (secondary N) is 3. The zero-order valence-corrected chi connectivity index (χ0v) is 16.2. The summed E-state index contributed by atoms with van der Waals surface area (Å²) in [7, 11) is 1.48. The standard InChI is InChI=1S/C19H17ClF2N4O3/c1-19(7-29-2)18(28)25-11-6-24-17-12(15(11)26-19)9(5-23-17)16(27)8-3-4-10(21)14(22)13(8)20/h3-6,16,26-27H,7H2,1-2H3,(H,23,24)(H,25,28)/t16?,19-/m0/s1. The van der Waals surface area contributed by atoms with Gasteiger partial charge in [-0.15, -0.1) is 0 Å². The van der Waals surface area contributed by atoms with Crippen LogP contribution in [0.3, 0.4) is 0 Å². The van der Waals surface area contributed by atoms with Gasteiger partial charge < -0.3 is 25.5 Å². The molecule has 7 nitrogen and oxygen atoms in total. The van der Waals surface area contributed by atoms with Crippen molar-refractivity contribution in [1.82, 2.24) is 9.97 Å². The molecule has 10 heteroatoms. The van der Waals surface area contributed by atoms with Crippen LogP contribution in [0.4, 0.5) is 20.2 Å². The van der Waals surface area contributed by atoms with E-state index in [1.165, 1.54) is 25.6 Å². The van der Waals surface area contributed by atoms with Crippen molar-refractivity contribution < 1.29 is 23.4 Å². The second-order valence-corrected chi connectivity index (χ2v) is 7.40. The normalized spacial score (nSPS) is 19.6. The maximum absolute atomic E-state index is 13.9. The summed E-state index contributed by atoms with van der Waals surface area (Å²) in [6.07, 6.45) is 1.62. The Hall–Kier alpha value is -2.75. The van der Waals surface area contributed by atoms with Crippen LogP contribution in [0.25, 0.3) is 11.0 Å². The lowest BCUT2D eigenvalue weighted by atomic mass is 9.95. The lowest BCUT2D eigenvalue weighted by Crippen LogP contribution is -2.53. The molecule has 1 aliphatic rings. The zero-order chi connectivity index (χ0) is 20.9. The summed E-state index contributed by atoms with van der Waals surface area (Å²) in [5, 5.41) is 16.8. The Labute approximate surface area is 169 Å². The van der Waals surface area contributed by atoms with Crippen molar-refractivity contribution in [3.8, 4) is 0 Å². The minimum Gasteiger partial charge on any atom is -0.384 e. The number of rotatable bonds is 4. The number of carbonyl (C=O) groups excluding carboxylic acids is 1. The van der Waals surface area contributed by atoms with Gasteiger partial charge in [-0.1, -0.05) is 17.7 Å². The monoisotopic (exact) mass is 422 g/mol. The maximum atomic E-state index is 13.9. The lowest BCUT2D eigenvalue weighted by molar-refractivity contribution is -0.121. The number of ether oxygens (including phenoxy) is 1. The quantitative estimate of drug-likeness (QED) is 0.483. The van der Waals surface area contributed by atoms with E-state index in [4.69, 9.17) is 16.3 Å². The van der Waals surface area contributed by atoms with Crippen molar-refractivity contribution in [3.05, 3.63) is 52.3 Å². The third kappa shape index (κ3) is 3.02. The number of methoxy groups -OCH3 is 1. The van der Waals surface area contributed by atoms with E-state index in [1.54, 1.807) is 6.92 Å². The minimum absolute atomic E-state index is 0.00330. The Balaban J connectivity index is 1.87.